The van der Waals surface area contributed by atoms with Gasteiger partial charge in [0.2, 0.25) is 5.91 Å². The summed E-state index contributed by atoms with van der Waals surface area (Å²) in [5.74, 6) is -2.71. The van der Waals surface area contributed by atoms with Crippen molar-refractivity contribution in [3.8, 4) is 0 Å². The second-order valence-corrected chi connectivity index (χ2v) is 14.4. The molecule has 1 saturated heterocycles. The van der Waals surface area contributed by atoms with Crippen LogP contribution in [0.25, 0.3) is 11.2 Å². The lowest BCUT2D eigenvalue weighted by Crippen LogP contribution is -2.43. The first-order valence-corrected chi connectivity index (χ1v) is 17.6. The molecule has 0 radical (unpaired) electrons. The van der Waals surface area contributed by atoms with E-state index in [9.17, 15) is 39.3 Å². The summed E-state index contributed by atoms with van der Waals surface area (Å²) < 4.78 is 7.63. The van der Waals surface area contributed by atoms with Gasteiger partial charge in [0.15, 0.2) is 34.8 Å². The van der Waals surface area contributed by atoms with E-state index in [4.69, 9.17) is 4.74 Å². The zero-order chi connectivity index (χ0) is 38.8. The Labute approximate surface area is 306 Å². The van der Waals surface area contributed by atoms with Gasteiger partial charge in [-0.25, -0.2) is 19.7 Å². The average Bonchev–Trinajstić information content (AvgIpc) is 3.67. The number of aliphatic hydroxyl groups excluding tert-OH is 2. The molecule has 1 aromatic carbocycles. The molecule has 2 amide bonds. The Balaban J connectivity index is 1.21. The first-order valence-electron chi connectivity index (χ1n) is 17.6. The maximum absolute atomic E-state index is 13.2. The summed E-state index contributed by atoms with van der Waals surface area (Å²) in [4.78, 5) is 76.8. The molecule has 5 N–H and O–H groups in total. The molecule has 2 unspecified atom stereocenters. The number of aromatic nitrogens is 4. The van der Waals surface area contributed by atoms with Gasteiger partial charge in [-0.05, 0) is 58.1 Å². The number of carboxylic acid groups (broad SMARTS) is 1. The van der Waals surface area contributed by atoms with Crippen molar-refractivity contribution in [2.24, 2.45) is 11.3 Å². The highest BCUT2D eigenvalue weighted by Crippen LogP contribution is 2.39. The third-order valence-electron chi connectivity index (χ3n) is 10.3. The van der Waals surface area contributed by atoms with Crippen molar-refractivity contribution >= 4 is 46.3 Å². The van der Waals surface area contributed by atoms with Crippen molar-refractivity contribution in [2.75, 3.05) is 5.32 Å². The fraction of sp³-hybridized carbons (Fsp3) is 0.474. The van der Waals surface area contributed by atoms with Crippen LogP contribution in [0.3, 0.4) is 0 Å². The van der Waals surface area contributed by atoms with Crippen molar-refractivity contribution in [3.63, 3.8) is 0 Å². The first-order chi connectivity index (χ1) is 25.0. The molecular formula is C38H46N6O9. The predicted molar refractivity (Wildman–Crippen MR) is 192 cm³/mol. The van der Waals surface area contributed by atoms with Gasteiger partial charge in [-0.2, -0.15) is 0 Å². The maximum atomic E-state index is 13.2. The normalized spacial score (nSPS) is 22.0. The van der Waals surface area contributed by atoms with Crippen LogP contribution in [0.1, 0.15) is 90.2 Å². The number of aliphatic hydroxyl groups is 2. The molecule has 53 heavy (non-hydrogen) atoms. The molecule has 0 saturated carbocycles. The van der Waals surface area contributed by atoms with Gasteiger partial charge in [0.25, 0.3) is 5.91 Å². The number of hydrogen-bond donors (Lipinski definition) is 5. The van der Waals surface area contributed by atoms with E-state index in [0.717, 1.165) is 0 Å². The summed E-state index contributed by atoms with van der Waals surface area (Å²) in [6.45, 7) is 10.0. The number of anilines is 1. The highest BCUT2D eigenvalue weighted by Gasteiger charge is 2.45. The lowest BCUT2D eigenvalue weighted by atomic mass is 9.71. The number of carbonyl (C=O) groups excluding carboxylic acids is 4. The van der Waals surface area contributed by atoms with Crippen LogP contribution in [0, 0.1) is 11.3 Å². The van der Waals surface area contributed by atoms with E-state index in [-0.39, 0.29) is 64.9 Å². The van der Waals surface area contributed by atoms with Crippen LogP contribution in [-0.2, 0) is 23.9 Å². The molecule has 2 aromatic heterocycles. The fourth-order valence-corrected chi connectivity index (χ4v) is 7.17. The minimum Gasteiger partial charge on any atom is -0.480 e. The molecule has 0 bridgehead atoms. The Kier molecular flexibility index (Phi) is 11.7. The molecule has 6 atom stereocenters. The third kappa shape index (κ3) is 8.11. The molecule has 282 valence electrons. The summed E-state index contributed by atoms with van der Waals surface area (Å²) in [6.07, 6.45) is -0.762. The quantitative estimate of drug-likeness (QED) is 0.150. The van der Waals surface area contributed by atoms with Gasteiger partial charge in [-0.1, -0.05) is 45.4 Å². The number of carboxylic acids is 1. The molecule has 15 heteroatoms. The predicted octanol–water partition coefficient (Wildman–Crippen LogP) is 3.68. The summed E-state index contributed by atoms with van der Waals surface area (Å²) in [5.41, 5.74) is 1.16. The second-order valence-electron chi connectivity index (χ2n) is 14.4. The van der Waals surface area contributed by atoms with Gasteiger partial charge in [0, 0.05) is 39.7 Å². The summed E-state index contributed by atoms with van der Waals surface area (Å²) in [6, 6.07) is 7.36. The molecular weight excluding hydrogens is 684 g/mol. The number of amides is 2. The topological polar surface area (TPSA) is 223 Å². The lowest BCUT2D eigenvalue weighted by Gasteiger charge is -2.31. The van der Waals surface area contributed by atoms with Gasteiger partial charge in [-0.15, -0.1) is 0 Å². The highest BCUT2D eigenvalue weighted by atomic mass is 16.6. The SMILES string of the molecule is CC[C@@H](CCC(NC(=O)CC(C)(C)C1=C(C)C(=O)C(C)=C(C)C1=O)C(=O)O)C[C@H]1O[C@@H](n2cnc3c(NC(=O)c4ccccc4)ncnc32)[C@@H](O)C1O. The van der Waals surface area contributed by atoms with Crippen molar-refractivity contribution in [1.29, 1.82) is 0 Å². The number of nitrogens with zero attached hydrogens (tertiary/aromatic N) is 4. The van der Waals surface area contributed by atoms with Crippen molar-refractivity contribution in [1.82, 2.24) is 24.8 Å². The van der Waals surface area contributed by atoms with Gasteiger partial charge < -0.3 is 30.7 Å². The number of hydrogen-bond acceptors (Lipinski definition) is 11. The van der Waals surface area contributed by atoms with Crippen LogP contribution in [0.4, 0.5) is 5.82 Å². The Morgan fingerprint density at radius 3 is 2.28 bits per heavy atom. The number of rotatable bonds is 14. The van der Waals surface area contributed by atoms with Crippen LogP contribution >= 0.6 is 0 Å². The van der Waals surface area contributed by atoms with E-state index < -0.39 is 53.8 Å². The monoisotopic (exact) mass is 730 g/mol. The molecule has 1 aliphatic carbocycles. The zero-order valence-electron chi connectivity index (χ0n) is 30.6. The molecule has 15 nitrogen and oxygen atoms in total. The smallest absolute Gasteiger partial charge is 0.326 e. The molecule has 3 aromatic rings. The molecule has 0 spiro atoms. The van der Waals surface area contributed by atoms with Crippen molar-refractivity contribution in [2.45, 2.75) is 104 Å². The van der Waals surface area contributed by atoms with Crippen LogP contribution in [0.5, 0.6) is 0 Å². The van der Waals surface area contributed by atoms with Crippen molar-refractivity contribution in [3.05, 3.63) is 70.8 Å². The number of ketones is 2. The van der Waals surface area contributed by atoms with Crippen LogP contribution in [0.15, 0.2) is 65.3 Å². The molecule has 1 aliphatic heterocycles. The second kappa shape index (κ2) is 15.9. The number of aliphatic carboxylic acids is 1. The van der Waals surface area contributed by atoms with E-state index in [1.165, 1.54) is 17.2 Å². The molecule has 3 heterocycles. The maximum Gasteiger partial charge on any atom is 0.326 e. The minimum atomic E-state index is -1.35. The number of ether oxygens (including phenoxy) is 1. The number of nitrogens with one attached hydrogen (secondary N) is 2. The van der Waals surface area contributed by atoms with E-state index >= 15 is 0 Å². The summed E-state index contributed by atoms with van der Waals surface area (Å²) in [7, 11) is 0. The van der Waals surface area contributed by atoms with Gasteiger partial charge >= 0.3 is 5.97 Å². The number of benzene rings is 1. The standard InChI is InChI=1S/C38H46N6O9/c1-7-22(13-14-24(37(51)52)42-26(45)16-38(5,6)27-21(4)29(46)19(2)20(3)30(27)47)15-25-31(48)32(49)36(53-25)44-18-41-28-33(39-17-40-34(28)44)43-35(50)23-11-9-8-10-12-23/h8-12,17-18,22,24-25,31-32,36,48-49H,7,13-16H2,1-6H3,(H,42,45)(H,51,52)(H,39,40,43,50)/t22-,24?,25+,31?,32-,36+/m0/s1. The van der Waals surface area contributed by atoms with E-state index in [0.29, 0.717) is 29.6 Å². The number of allylic oxidation sites excluding steroid dienone is 4. The molecule has 5 rings (SSSR count). The van der Waals surface area contributed by atoms with E-state index in [2.05, 4.69) is 25.6 Å². The van der Waals surface area contributed by atoms with Crippen LogP contribution < -0.4 is 10.6 Å². The number of Topliss-reactive ketones (excluding diaryl/α,β-unsaturated/α-hetero) is 2. The summed E-state index contributed by atoms with van der Waals surface area (Å²) in [5, 5.41) is 37.4. The average molecular weight is 731 g/mol. The number of imidazole rings is 1. The Bertz CT molecular complexity index is 1990. The fourth-order valence-electron chi connectivity index (χ4n) is 7.17. The number of carbonyl (C=O) groups is 5. The van der Waals surface area contributed by atoms with Crippen LogP contribution in [0.2, 0.25) is 0 Å². The van der Waals surface area contributed by atoms with Gasteiger partial charge in [0.1, 0.15) is 24.6 Å². The lowest BCUT2D eigenvalue weighted by molar-refractivity contribution is -0.142. The third-order valence-corrected chi connectivity index (χ3v) is 10.3. The van der Waals surface area contributed by atoms with Gasteiger partial charge in [-0.3, -0.25) is 23.7 Å². The highest BCUT2D eigenvalue weighted by molar-refractivity contribution is 6.25. The van der Waals surface area contributed by atoms with E-state index in [1.807, 2.05) is 6.92 Å². The Hall–Kier alpha value is -5.12. The molecule has 1 fully saturated rings. The minimum absolute atomic E-state index is 0.0789. The van der Waals surface area contributed by atoms with Gasteiger partial charge in [0.05, 0.1) is 12.4 Å². The molecule has 2 aliphatic rings. The van der Waals surface area contributed by atoms with Crippen molar-refractivity contribution < 1.29 is 44.0 Å². The zero-order valence-corrected chi connectivity index (χ0v) is 30.6. The van der Waals surface area contributed by atoms with Crippen LogP contribution in [-0.4, -0.2) is 88.5 Å². The van der Waals surface area contributed by atoms with E-state index in [1.54, 1.807) is 65.0 Å². The first kappa shape index (κ1) is 39.1. The Morgan fingerprint density at radius 2 is 1.62 bits per heavy atom. The number of fused-ring (bicyclic) bond motifs is 1. The largest absolute Gasteiger partial charge is 0.480 e. The Morgan fingerprint density at radius 1 is 0.943 bits per heavy atom. The summed E-state index contributed by atoms with van der Waals surface area (Å²) >= 11 is 0.